The Kier molecular flexibility index (Phi) is 4.99. The molecule has 1 aromatic heterocycles. The van der Waals surface area contributed by atoms with Crippen LogP contribution in [-0.2, 0) is 13.0 Å². The van der Waals surface area contributed by atoms with E-state index < -0.39 is 0 Å². The number of hydrogen-bond acceptors (Lipinski definition) is 2. The van der Waals surface area contributed by atoms with Crippen molar-refractivity contribution in [3.05, 3.63) is 112 Å². The zero-order valence-electron chi connectivity index (χ0n) is 15.1. The predicted molar refractivity (Wildman–Crippen MR) is 109 cm³/mol. The van der Waals surface area contributed by atoms with Crippen LogP contribution in [0.1, 0.15) is 16.7 Å². The molecule has 0 saturated carbocycles. The molecule has 0 fully saturated rings. The minimum Gasteiger partial charge on any atom is -0.294 e. The molecular weight excluding hydrogens is 351 g/mol. The van der Waals surface area contributed by atoms with Gasteiger partial charge in [0.05, 0.1) is 23.8 Å². The molecule has 136 valence electrons. The molecule has 0 spiro atoms. The number of nitrogens with zero attached hydrogens (tertiary/aromatic N) is 2. The molecule has 0 aliphatic carbocycles. The third-order valence-corrected chi connectivity index (χ3v) is 4.46. The van der Waals surface area contributed by atoms with E-state index in [9.17, 15) is 9.18 Å². The smallest absolute Gasteiger partial charge is 0.261 e. The lowest BCUT2D eigenvalue weighted by Gasteiger charge is -2.07. The minimum absolute atomic E-state index is 0.138. The van der Waals surface area contributed by atoms with Crippen molar-refractivity contribution in [1.82, 2.24) is 9.55 Å². The van der Waals surface area contributed by atoms with Crippen LogP contribution in [0.5, 0.6) is 0 Å². The molecule has 0 saturated heterocycles. The van der Waals surface area contributed by atoms with Gasteiger partial charge >= 0.3 is 0 Å². The molecule has 0 aliphatic rings. The van der Waals surface area contributed by atoms with E-state index in [1.807, 2.05) is 42.5 Å². The molecule has 0 amide bonds. The van der Waals surface area contributed by atoms with Gasteiger partial charge in [-0.05, 0) is 41.5 Å². The van der Waals surface area contributed by atoms with Gasteiger partial charge in [0.15, 0.2) is 0 Å². The summed E-state index contributed by atoms with van der Waals surface area (Å²) in [5.74, 6) is 5.97. The maximum absolute atomic E-state index is 13.1. The summed E-state index contributed by atoms with van der Waals surface area (Å²) in [6.45, 7) is 0.339. The summed E-state index contributed by atoms with van der Waals surface area (Å²) in [5.41, 5.74) is 3.26. The van der Waals surface area contributed by atoms with Gasteiger partial charge in [0, 0.05) is 12.0 Å². The second-order valence-corrected chi connectivity index (χ2v) is 6.50. The predicted octanol–water partition coefficient (Wildman–Crippen LogP) is 4.18. The molecule has 4 aromatic rings. The second kappa shape index (κ2) is 7.89. The van der Waals surface area contributed by atoms with Crippen LogP contribution >= 0.6 is 0 Å². The molecule has 3 nitrogen and oxygen atoms in total. The zero-order chi connectivity index (χ0) is 19.3. The molecule has 0 aliphatic heterocycles. The summed E-state index contributed by atoms with van der Waals surface area (Å²) < 4.78 is 14.6. The van der Waals surface area contributed by atoms with Crippen LogP contribution in [0.25, 0.3) is 10.9 Å². The first-order valence-electron chi connectivity index (χ1n) is 8.95. The fraction of sp³-hybridized carbons (Fsp3) is 0.0833. The van der Waals surface area contributed by atoms with Gasteiger partial charge in [0.1, 0.15) is 5.82 Å². The highest BCUT2D eigenvalue weighted by Gasteiger charge is 2.06. The molecule has 0 radical (unpaired) electrons. The van der Waals surface area contributed by atoms with E-state index in [1.54, 1.807) is 18.2 Å². The summed E-state index contributed by atoms with van der Waals surface area (Å²) in [7, 11) is 0. The quantitative estimate of drug-likeness (QED) is 0.509. The highest BCUT2D eigenvalue weighted by atomic mass is 19.1. The average molecular weight is 368 g/mol. The van der Waals surface area contributed by atoms with Gasteiger partial charge in [-0.15, -0.1) is 0 Å². The van der Waals surface area contributed by atoms with E-state index in [0.29, 0.717) is 23.9 Å². The third-order valence-electron chi connectivity index (χ3n) is 4.46. The zero-order valence-corrected chi connectivity index (χ0v) is 15.1. The first kappa shape index (κ1) is 17.7. The Morgan fingerprint density at radius 2 is 1.71 bits per heavy atom. The van der Waals surface area contributed by atoms with Crippen molar-refractivity contribution in [2.45, 2.75) is 13.0 Å². The van der Waals surface area contributed by atoms with E-state index in [4.69, 9.17) is 0 Å². The SMILES string of the molecule is O=c1c2cc(C#CCc3ccccc3)ccc2ncn1Cc1ccc(F)cc1. The Hall–Kier alpha value is -3.71. The normalized spacial score (nSPS) is 10.5. The van der Waals surface area contributed by atoms with Gasteiger partial charge in [-0.1, -0.05) is 54.3 Å². The van der Waals surface area contributed by atoms with Crippen molar-refractivity contribution in [2.75, 3.05) is 0 Å². The Morgan fingerprint density at radius 1 is 0.929 bits per heavy atom. The Morgan fingerprint density at radius 3 is 2.50 bits per heavy atom. The average Bonchev–Trinajstić information content (AvgIpc) is 2.73. The topological polar surface area (TPSA) is 34.9 Å². The van der Waals surface area contributed by atoms with Crippen LogP contribution in [0.4, 0.5) is 4.39 Å². The van der Waals surface area contributed by atoms with Crippen molar-refractivity contribution < 1.29 is 4.39 Å². The highest BCUT2D eigenvalue weighted by Crippen LogP contribution is 2.11. The summed E-state index contributed by atoms with van der Waals surface area (Å²) >= 11 is 0. The number of rotatable bonds is 3. The molecule has 1 heterocycles. The van der Waals surface area contributed by atoms with E-state index in [2.05, 4.69) is 16.8 Å². The number of hydrogen-bond donors (Lipinski definition) is 0. The monoisotopic (exact) mass is 368 g/mol. The Bertz CT molecular complexity index is 1230. The molecule has 0 N–H and O–H groups in total. The number of benzene rings is 3. The number of halogens is 1. The van der Waals surface area contributed by atoms with Crippen LogP contribution in [0.15, 0.2) is 83.9 Å². The standard InChI is InChI=1S/C24H17FN2O/c25-21-12-9-20(10-13-21)16-27-17-26-23-14-11-19(15-22(23)24(27)28)8-4-7-18-5-2-1-3-6-18/h1-3,5-6,9-15,17H,7,16H2. The summed E-state index contributed by atoms with van der Waals surface area (Å²) in [6.07, 6.45) is 2.18. The molecule has 4 heteroatoms. The van der Waals surface area contributed by atoms with E-state index in [-0.39, 0.29) is 11.4 Å². The van der Waals surface area contributed by atoms with E-state index in [0.717, 1.165) is 16.7 Å². The van der Waals surface area contributed by atoms with E-state index >= 15 is 0 Å². The maximum atomic E-state index is 13.1. The first-order valence-corrected chi connectivity index (χ1v) is 8.95. The van der Waals surface area contributed by atoms with E-state index in [1.165, 1.54) is 23.0 Å². The fourth-order valence-corrected chi connectivity index (χ4v) is 2.98. The molecular formula is C24H17FN2O. The third kappa shape index (κ3) is 3.99. The molecule has 0 atom stereocenters. The van der Waals surface area contributed by atoms with Crippen LogP contribution in [-0.4, -0.2) is 9.55 Å². The fourth-order valence-electron chi connectivity index (χ4n) is 2.98. The van der Waals surface area contributed by atoms with Gasteiger partial charge in [0.25, 0.3) is 5.56 Å². The molecule has 28 heavy (non-hydrogen) atoms. The lowest BCUT2D eigenvalue weighted by molar-refractivity contribution is 0.626. The maximum Gasteiger partial charge on any atom is 0.261 e. The van der Waals surface area contributed by atoms with Crippen molar-refractivity contribution in [1.29, 1.82) is 0 Å². The van der Waals surface area contributed by atoms with Crippen molar-refractivity contribution in [3.63, 3.8) is 0 Å². The van der Waals surface area contributed by atoms with Gasteiger partial charge in [-0.25, -0.2) is 9.37 Å². The Balaban J connectivity index is 1.62. The summed E-state index contributed by atoms with van der Waals surface area (Å²) in [4.78, 5) is 17.2. The largest absolute Gasteiger partial charge is 0.294 e. The van der Waals surface area contributed by atoms with Gasteiger partial charge in [-0.2, -0.15) is 0 Å². The molecule has 4 rings (SSSR count). The lowest BCUT2D eigenvalue weighted by atomic mass is 10.1. The van der Waals surface area contributed by atoms with Gasteiger partial charge in [-0.3, -0.25) is 9.36 Å². The number of fused-ring (bicyclic) bond motifs is 1. The molecule has 0 unspecified atom stereocenters. The molecule has 0 bridgehead atoms. The van der Waals surface area contributed by atoms with Gasteiger partial charge in [0.2, 0.25) is 0 Å². The molecule has 3 aromatic carbocycles. The summed E-state index contributed by atoms with van der Waals surface area (Å²) in [5, 5.41) is 0.524. The first-order chi connectivity index (χ1) is 13.7. The minimum atomic E-state index is -0.300. The Labute approximate surface area is 162 Å². The summed E-state index contributed by atoms with van der Waals surface area (Å²) in [6, 6.07) is 21.6. The lowest BCUT2D eigenvalue weighted by Crippen LogP contribution is -2.21. The highest BCUT2D eigenvalue weighted by molar-refractivity contribution is 5.79. The number of aromatic nitrogens is 2. The van der Waals surface area contributed by atoms with Crippen LogP contribution in [0.2, 0.25) is 0 Å². The van der Waals surface area contributed by atoms with Crippen LogP contribution < -0.4 is 5.56 Å². The van der Waals surface area contributed by atoms with Crippen LogP contribution in [0, 0.1) is 17.7 Å². The van der Waals surface area contributed by atoms with Crippen molar-refractivity contribution in [3.8, 4) is 11.8 Å². The van der Waals surface area contributed by atoms with Crippen molar-refractivity contribution in [2.24, 2.45) is 0 Å². The van der Waals surface area contributed by atoms with Crippen LogP contribution in [0.3, 0.4) is 0 Å². The second-order valence-electron chi connectivity index (χ2n) is 6.50. The van der Waals surface area contributed by atoms with Crippen molar-refractivity contribution >= 4 is 10.9 Å². The van der Waals surface area contributed by atoms with Gasteiger partial charge < -0.3 is 0 Å².